The maximum atomic E-state index is 15.5. The van der Waals surface area contributed by atoms with Gasteiger partial charge in [0, 0.05) is 37.0 Å². The molecule has 378 valence electrons. The molecule has 66 heavy (non-hydrogen) atoms. The van der Waals surface area contributed by atoms with Crippen LogP contribution in [0.3, 0.4) is 0 Å². The van der Waals surface area contributed by atoms with Gasteiger partial charge in [-0.2, -0.15) is 0 Å². The molecule has 3 atom stereocenters. The summed E-state index contributed by atoms with van der Waals surface area (Å²) in [5.41, 5.74) is -1.60. The molecule has 7 fully saturated rings. The molecule has 4 saturated heterocycles. The van der Waals surface area contributed by atoms with Gasteiger partial charge >= 0.3 is 0 Å². The van der Waals surface area contributed by atoms with Gasteiger partial charge in [-0.1, -0.05) is 57.8 Å². The van der Waals surface area contributed by atoms with Crippen LogP contribution in [0.2, 0.25) is 0 Å². The first-order valence-electron chi connectivity index (χ1n) is 27.1. The van der Waals surface area contributed by atoms with Crippen LogP contribution in [0.25, 0.3) is 0 Å². The van der Waals surface area contributed by atoms with Crippen LogP contribution in [0.1, 0.15) is 199 Å². The number of rotatable bonds is 12. The summed E-state index contributed by atoms with van der Waals surface area (Å²) in [6.45, 7) is 29.8. The molecule has 4 heterocycles. The number of piperazine rings is 3. The van der Waals surface area contributed by atoms with Gasteiger partial charge in [0.1, 0.15) is 17.5 Å². The van der Waals surface area contributed by atoms with E-state index in [1.807, 2.05) is 0 Å². The summed E-state index contributed by atoms with van der Waals surface area (Å²) in [4.78, 5) is 0. The second kappa shape index (κ2) is 19.5. The highest BCUT2D eigenvalue weighted by Crippen LogP contribution is 2.42. The first-order chi connectivity index (χ1) is 30.6. The molecular formula is C54H99N9O3. The van der Waals surface area contributed by atoms with Crippen LogP contribution in [0.15, 0.2) is 35.7 Å². The third-order valence-corrected chi connectivity index (χ3v) is 16.9. The molecule has 0 radical (unpaired) electrons. The highest BCUT2D eigenvalue weighted by atomic mass is 16.6. The molecule has 0 aromatic heterocycles. The van der Waals surface area contributed by atoms with Crippen LogP contribution < -0.4 is 31.9 Å². The average Bonchev–Trinajstić information content (AvgIpc) is 3.15. The molecule has 0 amide bonds. The Kier molecular flexibility index (Phi) is 15.4. The Morgan fingerprint density at radius 2 is 0.576 bits per heavy atom. The summed E-state index contributed by atoms with van der Waals surface area (Å²) >= 11 is 0. The lowest BCUT2D eigenvalue weighted by atomic mass is 9.79. The van der Waals surface area contributed by atoms with Crippen molar-refractivity contribution < 1.29 is 13.9 Å². The average molecular weight is 922 g/mol. The lowest BCUT2D eigenvalue weighted by Crippen LogP contribution is -2.75. The normalized spacial score (nSPS) is 30.7. The molecular weight excluding hydrogens is 823 g/mol. The van der Waals surface area contributed by atoms with Gasteiger partial charge in [0.05, 0.1) is 90.6 Å². The third kappa shape index (κ3) is 13.2. The number of hydroxylamine groups is 9. The zero-order valence-electron chi connectivity index (χ0n) is 44.2. The number of quaternary nitrogens is 3. The molecule has 4 aliphatic heterocycles. The number of hydrogen-bond acceptors (Lipinski definition) is 9. The van der Waals surface area contributed by atoms with E-state index >= 15 is 15.6 Å². The molecule has 3 aliphatic carbocycles. The predicted octanol–water partition coefficient (Wildman–Crippen LogP) is 9.74. The summed E-state index contributed by atoms with van der Waals surface area (Å²) in [6, 6.07) is -0.134. The summed E-state index contributed by atoms with van der Waals surface area (Å²) in [5.74, 6) is 3.81. The van der Waals surface area contributed by atoms with E-state index in [9.17, 15) is 0 Å². The fourth-order valence-corrected chi connectivity index (χ4v) is 16.3. The number of nitrogens with one attached hydrogen (secondary N) is 6. The van der Waals surface area contributed by atoms with Gasteiger partial charge in [-0.25, -0.2) is 0 Å². The molecule has 0 aromatic carbocycles. The third-order valence-electron chi connectivity index (χ3n) is 16.9. The quantitative estimate of drug-likeness (QED) is 0.0834. The van der Waals surface area contributed by atoms with Gasteiger partial charge in [0.2, 0.25) is 0 Å². The minimum atomic E-state index is -0.267. The van der Waals surface area contributed by atoms with E-state index in [1.54, 1.807) is 0 Å². The van der Waals surface area contributed by atoms with Gasteiger partial charge in [0.25, 0.3) is 0 Å². The van der Waals surface area contributed by atoms with E-state index in [1.165, 1.54) is 57.8 Å². The van der Waals surface area contributed by atoms with E-state index in [0.717, 1.165) is 56.0 Å². The molecule has 7 aliphatic rings. The fraction of sp³-hybridized carbons (Fsp3) is 0.889. The molecule has 7 rings (SSSR count). The molecule has 0 spiro atoms. The zero-order chi connectivity index (χ0) is 48.0. The Morgan fingerprint density at radius 1 is 0.379 bits per heavy atom. The molecule has 0 aromatic rings. The summed E-state index contributed by atoms with van der Waals surface area (Å²) < 4.78 is -0.520. The maximum absolute atomic E-state index is 15.5. The SMILES string of the molecule is CC1(C)C[N+]([O-])(C(CC=C2NC(=CCC(C3CCCCC3)[N+]3([O-])CC(C)(C)NC(C)(C)C3)NC(=CCC(C3CCCCC3)[N+]3([O-])CC(C)(C)NC(C)(C)C3)N2)C2CCCCC2)CC(C)(C)N1. The summed E-state index contributed by atoms with van der Waals surface area (Å²) in [7, 11) is 0. The minimum absolute atomic E-state index is 0.0448. The van der Waals surface area contributed by atoms with E-state index in [0.29, 0.717) is 76.3 Å². The highest BCUT2D eigenvalue weighted by molar-refractivity contribution is 5.24. The topological polar surface area (TPSA) is 141 Å². The number of nitrogens with zero attached hydrogens (tertiary/aromatic N) is 3. The van der Waals surface area contributed by atoms with Gasteiger partial charge in [-0.05, 0) is 140 Å². The largest absolute Gasteiger partial charge is 0.632 e. The first kappa shape index (κ1) is 52.1. The maximum Gasteiger partial charge on any atom is 0.106 e. The van der Waals surface area contributed by atoms with Gasteiger partial charge < -0.3 is 45.5 Å². The van der Waals surface area contributed by atoms with Crippen LogP contribution in [0, 0.1) is 33.4 Å². The van der Waals surface area contributed by atoms with Crippen molar-refractivity contribution in [2.24, 2.45) is 17.8 Å². The zero-order valence-corrected chi connectivity index (χ0v) is 44.2. The van der Waals surface area contributed by atoms with Crippen molar-refractivity contribution in [1.29, 1.82) is 0 Å². The summed E-state index contributed by atoms with van der Waals surface area (Å²) in [5, 5.41) is 69.1. The van der Waals surface area contributed by atoms with E-state index in [-0.39, 0.29) is 65.3 Å². The minimum Gasteiger partial charge on any atom is -0.632 e. The van der Waals surface area contributed by atoms with Crippen LogP contribution in [-0.2, 0) is 0 Å². The first-order valence-corrected chi connectivity index (χ1v) is 27.1. The van der Waals surface area contributed by atoms with Gasteiger partial charge in [-0.15, -0.1) is 0 Å². The smallest absolute Gasteiger partial charge is 0.106 e. The molecule has 6 N–H and O–H groups in total. The van der Waals surface area contributed by atoms with Crippen molar-refractivity contribution in [1.82, 2.24) is 31.9 Å². The molecule has 12 heteroatoms. The second-order valence-electron chi connectivity index (χ2n) is 27.3. The van der Waals surface area contributed by atoms with Crippen molar-refractivity contribution >= 4 is 0 Å². The van der Waals surface area contributed by atoms with E-state index in [4.69, 9.17) is 0 Å². The van der Waals surface area contributed by atoms with Crippen LogP contribution >= 0.6 is 0 Å². The molecule has 0 bridgehead atoms. The predicted molar refractivity (Wildman–Crippen MR) is 273 cm³/mol. The Bertz CT molecular complexity index is 1490. The Balaban J connectivity index is 1.24. The fourth-order valence-electron chi connectivity index (χ4n) is 16.3. The summed E-state index contributed by atoms with van der Waals surface area (Å²) in [6.07, 6.45) is 26.5. The van der Waals surface area contributed by atoms with Crippen LogP contribution in [0.5, 0.6) is 0 Å². The molecule has 12 nitrogen and oxygen atoms in total. The standard InChI is InChI=1S/C54H99N9O3/c1-49(2)34-61(64,35-50(3,4)58-49)43(40-22-16-13-17-23-40)28-31-46-55-47(32-29-44(41-24-18-14-19-25-41)62(65)36-51(5,6)59-52(7,8)37-62)57-48(56-46)33-30-45(42-26-20-15-21-27-42)63(66)38-53(9,10)60-54(11,12)39-63/h31-33,40-45,55-60H,13-30,34-39H2,1-12H3. The second-order valence-corrected chi connectivity index (χ2v) is 27.3. The van der Waals surface area contributed by atoms with Crippen molar-refractivity contribution in [2.45, 2.75) is 250 Å². The lowest BCUT2D eigenvalue weighted by molar-refractivity contribution is -0.921. The molecule has 3 unspecified atom stereocenters. The van der Waals surface area contributed by atoms with Gasteiger partial charge in [-0.3, -0.25) is 16.0 Å². The van der Waals surface area contributed by atoms with Crippen LogP contribution in [0.4, 0.5) is 0 Å². The Hall–Kier alpha value is -1.74. The van der Waals surface area contributed by atoms with E-state index in [2.05, 4.69) is 133 Å². The number of hydrogen-bond donors (Lipinski definition) is 6. The van der Waals surface area contributed by atoms with Crippen molar-refractivity contribution in [3.8, 4) is 0 Å². The van der Waals surface area contributed by atoms with Crippen molar-refractivity contribution in [2.75, 3.05) is 39.3 Å². The van der Waals surface area contributed by atoms with Crippen LogP contribution in [-0.4, -0.2) is 105 Å². The molecule has 3 saturated carbocycles. The van der Waals surface area contributed by atoms with Crippen molar-refractivity contribution in [3.63, 3.8) is 0 Å². The van der Waals surface area contributed by atoms with Crippen molar-refractivity contribution in [3.05, 3.63) is 51.3 Å². The van der Waals surface area contributed by atoms with E-state index < -0.39 is 0 Å². The highest BCUT2D eigenvalue weighted by Gasteiger charge is 2.51. The van der Waals surface area contributed by atoms with Gasteiger partial charge in [0.15, 0.2) is 0 Å². The lowest BCUT2D eigenvalue weighted by Gasteiger charge is -2.61. The Morgan fingerprint density at radius 3 is 0.773 bits per heavy atom. The Labute approximate surface area is 402 Å². The monoisotopic (exact) mass is 922 g/mol.